The van der Waals surface area contributed by atoms with Crippen LogP contribution in [0.2, 0.25) is 0 Å². The number of hydrogen-bond donors (Lipinski definition) is 2. The van der Waals surface area contributed by atoms with Crippen molar-refractivity contribution in [2.45, 2.75) is 45.8 Å². The van der Waals surface area contributed by atoms with E-state index < -0.39 is 0 Å². The smallest absolute Gasteiger partial charge is 0.170 e. The van der Waals surface area contributed by atoms with Gasteiger partial charge in [-0.25, -0.2) is 0 Å². The van der Waals surface area contributed by atoms with Crippen molar-refractivity contribution >= 4 is 17.3 Å². The van der Waals surface area contributed by atoms with E-state index in [1.165, 1.54) is 17.0 Å². The van der Waals surface area contributed by atoms with Crippen molar-refractivity contribution in [3.63, 3.8) is 0 Å². The number of nitrogens with one attached hydrogen (secondary N) is 2. The van der Waals surface area contributed by atoms with Gasteiger partial charge in [-0.3, -0.25) is 4.98 Å². The Kier molecular flexibility index (Phi) is 3.91. The minimum atomic E-state index is 0.0741. The van der Waals surface area contributed by atoms with Crippen LogP contribution in [0.25, 0.3) is 0 Å². The van der Waals surface area contributed by atoms with Gasteiger partial charge in [-0.1, -0.05) is 6.07 Å². The molecular weight excluding hydrogens is 292 g/mol. The Morgan fingerprint density at radius 3 is 2.59 bits per heavy atom. The molecule has 2 N–H and O–H groups in total. The summed E-state index contributed by atoms with van der Waals surface area (Å²) in [5, 5.41) is 4.27. The topological polar surface area (TPSA) is 44.0 Å². The largest absolute Gasteiger partial charge is 0.362 e. The predicted molar refractivity (Wildman–Crippen MR) is 92.7 cm³/mol. The Balaban J connectivity index is 2.09. The molecule has 3 rings (SSSR count). The van der Waals surface area contributed by atoms with Crippen LogP contribution < -0.4 is 5.32 Å². The van der Waals surface area contributed by atoms with E-state index in [4.69, 9.17) is 12.2 Å². The summed E-state index contributed by atoms with van der Waals surface area (Å²) in [5.41, 5.74) is 4.68. The highest BCUT2D eigenvalue weighted by molar-refractivity contribution is 7.80. The quantitative estimate of drug-likeness (QED) is 0.852. The Hall–Kier alpha value is -1.88. The molecule has 0 bridgehead atoms. The Morgan fingerprint density at radius 2 is 2.05 bits per heavy atom. The maximum atomic E-state index is 5.60. The molecule has 0 unspecified atom stereocenters. The van der Waals surface area contributed by atoms with Gasteiger partial charge in [0.2, 0.25) is 0 Å². The maximum absolute atomic E-state index is 5.60. The van der Waals surface area contributed by atoms with Crippen molar-refractivity contribution < 1.29 is 0 Å². The zero-order valence-corrected chi connectivity index (χ0v) is 14.2. The summed E-state index contributed by atoms with van der Waals surface area (Å²) < 4.78 is 0. The van der Waals surface area contributed by atoms with Crippen LogP contribution in [0.3, 0.4) is 0 Å². The standard InChI is InChI=1S/C17H22N4S/c1-10(2)21-16(13-9-11(3)19-12(13)4)15(20-17(21)22)14-7-5-6-8-18-14/h5-10,15-16,19H,1-4H3,(H,20,22)/t15-,16+/m0/s1. The van der Waals surface area contributed by atoms with Crippen LogP contribution in [0.4, 0.5) is 0 Å². The fourth-order valence-corrected chi connectivity index (χ4v) is 3.76. The first-order valence-corrected chi connectivity index (χ1v) is 8.05. The molecule has 5 heteroatoms. The first-order valence-electron chi connectivity index (χ1n) is 7.65. The van der Waals surface area contributed by atoms with Crippen molar-refractivity contribution in [2.75, 3.05) is 0 Å². The molecule has 0 aliphatic carbocycles. The van der Waals surface area contributed by atoms with Crippen LogP contribution >= 0.6 is 12.2 Å². The third-order valence-electron chi connectivity index (χ3n) is 4.20. The molecule has 0 radical (unpaired) electrons. The molecule has 1 saturated heterocycles. The second-order valence-electron chi connectivity index (χ2n) is 6.16. The van der Waals surface area contributed by atoms with Crippen LogP contribution in [-0.2, 0) is 0 Å². The van der Waals surface area contributed by atoms with Gasteiger partial charge in [-0.05, 0) is 63.7 Å². The molecule has 0 aromatic carbocycles. The summed E-state index contributed by atoms with van der Waals surface area (Å²) in [6.45, 7) is 8.57. The van der Waals surface area contributed by atoms with Crippen molar-refractivity contribution in [3.8, 4) is 0 Å². The van der Waals surface area contributed by atoms with E-state index >= 15 is 0 Å². The van der Waals surface area contributed by atoms with E-state index in [1.807, 2.05) is 18.3 Å². The summed E-state index contributed by atoms with van der Waals surface area (Å²) >= 11 is 5.60. The predicted octanol–water partition coefficient (Wildman–Crippen LogP) is 3.41. The minimum Gasteiger partial charge on any atom is -0.362 e. The lowest BCUT2D eigenvalue weighted by atomic mass is 9.96. The van der Waals surface area contributed by atoms with Crippen LogP contribution in [0.15, 0.2) is 30.5 Å². The van der Waals surface area contributed by atoms with Crippen LogP contribution in [-0.4, -0.2) is 26.0 Å². The maximum Gasteiger partial charge on any atom is 0.170 e. The molecule has 1 aliphatic rings. The fourth-order valence-electron chi connectivity index (χ4n) is 3.31. The monoisotopic (exact) mass is 314 g/mol. The minimum absolute atomic E-state index is 0.0741. The summed E-state index contributed by atoms with van der Waals surface area (Å²) in [6, 6.07) is 8.81. The van der Waals surface area contributed by atoms with Gasteiger partial charge in [-0.15, -0.1) is 0 Å². The SMILES string of the molecule is Cc1cc([C@@H]2[C@H](c3ccccn3)NC(=S)N2C(C)C)c(C)[nH]1. The zero-order chi connectivity index (χ0) is 15.9. The summed E-state index contributed by atoms with van der Waals surface area (Å²) in [6.07, 6.45) is 1.84. The van der Waals surface area contributed by atoms with E-state index in [0.29, 0.717) is 6.04 Å². The second kappa shape index (κ2) is 5.72. The van der Waals surface area contributed by atoms with Crippen molar-refractivity contribution in [3.05, 3.63) is 53.1 Å². The number of aryl methyl sites for hydroxylation is 2. The molecule has 116 valence electrons. The van der Waals surface area contributed by atoms with E-state index in [0.717, 1.165) is 10.8 Å². The Bertz CT molecular complexity index is 677. The molecule has 1 fully saturated rings. The zero-order valence-electron chi connectivity index (χ0n) is 13.4. The second-order valence-corrected chi connectivity index (χ2v) is 6.55. The highest BCUT2D eigenvalue weighted by Crippen LogP contribution is 2.41. The van der Waals surface area contributed by atoms with Crippen LogP contribution in [0.5, 0.6) is 0 Å². The lowest BCUT2D eigenvalue weighted by molar-refractivity contribution is 0.269. The number of aromatic nitrogens is 2. The number of aromatic amines is 1. The lowest BCUT2D eigenvalue weighted by Gasteiger charge is -2.31. The summed E-state index contributed by atoms with van der Waals surface area (Å²) in [4.78, 5) is 10.2. The lowest BCUT2D eigenvalue weighted by Crippen LogP contribution is -2.35. The van der Waals surface area contributed by atoms with Crippen molar-refractivity contribution in [1.82, 2.24) is 20.2 Å². The van der Waals surface area contributed by atoms with Gasteiger partial charge in [0.05, 0.1) is 17.8 Å². The number of hydrogen-bond acceptors (Lipinski definition) is 2. The van der Waals surface area contributed by atoms with E-state index in [2.05, 4.69) is 60.0 Å². The molecule has 3 heterocycles. The number of thiocarbonyl (C=S) groups is 1. The van der Waals surface area contributed by atoms with Crippen LogP contribution in [0.1, 0.15) is 48.6 Å². The molecule has 4 nitrogen and oxygen atoms in total. The van der Waals surface area contributed by atoms with Gasteiger partial charge >= 0.3 is 0 Å². The van der Waals surface area contributed by atoms with Crippen molar-refractivity contribution in [1.29, 1.82) is 0 Å². The van der Waals surface area contributed by atoms with E-state index in [9.17, 15) is 0 Å². The number of H-pyrrole nitrogens is 1. The average Bonchev–Trinajstić information content (AvgIpc) is 2.99. The van der Waals surface area contributed by atoms with E-state index in [1.54, 1.807) is 0 Å². The fraction of sp³-hybridized carbons (Fsp3) is 0.412. The first kappa shape index (κ1) is 15.0. The normalized spacial score (nSPS) is 21.5. The van der Waals surface area contributed by atoms with Gasteiger partial charge < -0.3 is 15.2 Å². The molecule has 0 saturated carbocycles. The molecule has 22 heavy (non-hydrogen) atoms. The van der Waals surface area contributed by atoms with Crippen LogP contribution in [0, 0.1) is 13.8 Å². The van der Waals surface area contributed by atoms with Gasteiger partial charge in [0.15, 0.2) is 5.11 Å². The van der Waals surface area contributed by atoms with Gasteiger partial charge in [-0.2, -0.15) is 0 Å². The highest BCUT2D eigenvalue weighted by atomic mass is 32.1. The third kappa shape index (κ3) is 2.50. The first-order chi connectivity index (χ1) is 10.5. The van der Waals surface area contributed by atoms with E-state index in [-0.39, 0.29) is 12.1 Å². The molecule has 0 spiro atoms. The summed E-state index contributed by atoms with van der Waals surface area (Å²) in [7, 11) is 0. The molecule has 2 aromatic heterocycles. The molecule has 2 atom stereocenters. The molecule has 0 amide bonds. The van der Waals surface area contributed by atoms with Gasteiger partial charge in [0, 0.05) is 23.6 Å². The third-order valence-corrected chi connectivity index (χ3v) is 4.53. The molecule has 1 aliphatic heterocycles. The van der Waals surface area contributed by atoms with Gasteiger partial charge in [0.25, 0.3) is 0 Å². The highest BCUT2D eigenvalue weighted by Gasteiger charge is 2.41. The summed E-state index contributed by atoms with van der Waals surface area (Å²) in [5.74, 6) is 0. The van der Waals surface area contributed by atoms with Crippen molar-refractivity contribution in [2.24, 2.45) is 0 Å². The number of nitrogens with zero attached hydrogens (tertiary/aromatic N) is 2. The Morgan fingerprint density at radius 1 is 1.27 bits per heavy atom. The number of rotatable bonds is 3. The average molecular weight is 314 g/mol. The molecule has 2 aromatic rings. The molecular formula is C17H22N4S. The number of pyridine rings is 1. The Labute approximate surface area is 136 Å². The van der Waals surface area contributed by atoms with Gasteiger partial charge in [0.1, 0.15) is 0 Å².